The standard InChI is InChI=1S/C15H19F3N2O/c1-14(2)10-20(13(21)15(16,17)18)12(9-19-14)8-11-6-4-3-5-7-11/h3-7,12,19H,8-10H2,1-2H3. The molecule has 0 aromatic heterocycles. The average molecular weight is 300 g/mol. The molecule has 0 aliphatic carbocycles. The van der Waals surface area contributed by atoms with Gasteiger partial charge in [0.25, 0.3) is 0 Å². The van der Waals surface area contributed by atoms with Gasteiger partial charge in [0.05, 0.1) is 0 Å². The molecule has 116 valence electrons. The van der Waals surface area contributed by atoms with E-state index in [1.807, 2.05) is 30.3 Å². The first-order chi connectivity index (χ1) is 9.69. The topological polar surface area (TPSA) is 32.3 Å². The number of carbonyl (C=O) groups excluding carboxylic acids is 1. The van der Waals surface area contributed by atoms with Crippen LogP contribution in [0.4, 0.5) is 13.2 Å². The van der Waals surface area contributed by atoms with Crippen molar-refractivity contribution in [2.24, 2.45) is 0 Å². The molecule has 1 amide bonds. The SMILES string of the molecule is CC1(C)CN(C(=O)C(F)(F)F)C(Cc2ccccc2)CN1. The summed E-state index contributed by atoms with van der Waals surface area (Å²) in [6.45, 7) is 3.98. The minimum atomic E-state index is -4.83. The third-order valence-electron chi connectivity index (χ3n) is 3.64. The van der Waals surface area contributed by atoms with Gasteiger partial charge < -0.3 is 10.2 Å². The molecule has 0 saturated carbocycles. The molecule has 1 aliphatic rings. The predicted molar refractivity (Wildman–Crippen MR) is 73.8 cm³/mol. The van der Waals surface area contributed by atoms with E-state index in [9.17, 15) is 18.0 Å². The van der Waals surface area contributed by atoms with Crippen LogP contribution in [0.15, 0.2) is 30.3 Å². The largest absolute Gasteiger partial charge is 0.471 e. The summed E-state index contributed by atoms with van der Waals surface area (Å²) in [5.74, 6) is -1.75. The van der Waals surface area contributed by atoms with Gasteiger partial charge >= 0.3 is 12.1 Å². The van der Waals surface area contributed by atoms with E-state index < -0.39 is 23.7 Å². The minimum Gasteiger partial charge on any atom is -0.328 e. The van der Waals surface area contributed by atoms with Crippen LogP contribution in [-0.2, 0) is 11.2 Å². The van der Waals surface area contributed by atoms with Crippen LogP contribution in [0.3, 0.4) is 0 Å². The first-order valence-electron chi connectivity index (χ1n) is 6.86. The van der Waals surface area contributed by atoms with Gasteiger partial charge in [-0.3, -0.25) is 4.79 Å². The molecule has 0 bridgehead atoms. The van der Waals surface area contributed by atoms with Crippen molar-refractivity contribution in [1.82, 2.24) is 10.2 Å². The summed E-state index contributed by atoms with van der Waals surface area (Å²) in [6.07, 6.45) is -4.42. The van der Waals surface area contributed by atoms with Gasteiger partial charge in [0.15, 0.2) is 0 Å². The Bertz CT molecular complexity index is 499. The van der Waals surface area contributed by atoms with E-state index >= 15 is 0 Å². The molecule has 1 aliphatic heterocycles. The molecular weight excluding hydrogens is 281 g/mol. The van der Waals surface area contributed by atoms with Crippen molar-refractivity contribution < 1.29 is 18.0 Å². The Balaban J connectivity index is 2.19. The molecule has 6 heteroatoms. The number of hydrogen-bond acceptors (Lipinski definition) is 2. The Labute approximate surface area is 122 Å². The van der Waals surface area contributed by atoms with Crippen molar-refractivity contribution in [3.63, 3.8) is 0 Å². The van der Waals surface area contributed by atoms with Gasteiger partial charge in [0, 0.05) is 24.7 Å². The summed E-state index contributed by atoms with van der Waals surface area (Å²) >= 11 is 0. The number of benzene rings is 1. The van der Waals surface area contributed by atoms with Crippen molar-refractivity contribution in [2.75, 3.05) is 13.1 Å². The van der Waals surface area contributed by atoms with E-state index in [1.54, 1.807) is 13.8 Å². The van der Waals surface area contributed by atoms with Gasteiger partial charge in [-0.05, 0) is 25.8 Å². The van der Waals surface area contributed by atoms with Crippen LogP contribution >= 0.6 is 0 Å². The van der Waals surface area contributed by atoms with Crippen molar-refractivity contribution in [1.29, 1.82) is 0 Å². The fraction of sp³-hybridized carbons (Fsp3) is 0.533. The first-order valence-corrected chi connectivity index (χ1v) is 6.86. The third-order valence-corrected chi connectivity index (χ3v) is 3.64. The highest BCUT2D eigenvalue weighted by atomic mass is 19.4. The summed E-state index contributed by atoms with van der Waals surface area (Å²) in [5.41, 5.74) is 0.401. The molecule has 1 N–H and O–H groups in total. The lowest BCUT2D eigenvalue weighted by Crippen LogP contribution is -2.65. The van der Waals surface area contributed by atoms with E-state index in [2.05, 4.69) is 5.32 Å². The number of halogens is 3. The van der Waals surface area contributed by atoms with Crippen LogP contribution in [0.2, 0.25) is 0 Å². The molecule has 3 nitrogen and oxygen atoms in total. The van der Waals surface area contributed by atoms with Gasteiger partial charge in [0.1, 0.15) is 0 Å². The lowest BCUT2D eigenvalue weighted by atomic mass is 9.95. The molecular formula is C15H19F3N2O. The lowest BCUT2D eigenvalue weighted by Gasteiger charge is -2.44. The average Bonchev–Trinajstić information content (AvgIpc) is 2.40. The van der Waals surface area contributed by atoms with Crippen LogP contribution in [-0.4, -0.2) is 41.7 Å². The normalized spacial score (nSPS) is 22.1. The number of carbonyl (C=O) groups is 1. The maximum absolute atomic E-state index is 12.8. The number of hydrogen-bond donors (Lipinski definition) is 1. The monoisotopic (exact) mass is 300 g/mol. The Morgan fingerprint density at radius 3 is 2.52 bits per heavy atom. The van der Waals surface area contributed by atoms with Crippen LogP contribution < -0.4 is 5.32 Å². The quantitative estimate of drug-likeness (QED) is 0.909. The summed E-state index contributed by atoms with van der Waals surface area (Å²) in [7, 11) is 0. The van der Waals surface area contributed by atoms with Crippen molar-refractivity contribution >= 4 is 5.91 Å². The number of alkyl halides is 3. The second-order valence-electron chi connectivity index (χ2n) is 6.04. The number of amides is 1. The highest BCUT2D eigenvalue weighted by molar-refractivity contribution is 5.82. The molecule has 1 aromatic rings. The van der Waals surface area contributed by atoms with E-state index in [0.717, 1.165) is 10.5 Å². The van der Waals surface area contributed by atoms with Gasteiger partial charge in [-0.2, -0.15) is 13.2 Å². The molecule has 0 spiro atoms. The van der Waals surface area contributed by atoms with Crippen molar-refractivity contribution in [3.05, 3.63) is 35.9 Å². The van der Waals surface area contributed by atoms with Crippen molar-refractivity contribution in [2.45, 2.75) is 38.0 Å². The summed E-state index contributed by atoms with van der Waals surface area (Å²) in [4.78, 5) is 12.6. The Morgan fingerprint density at radius 1 is 1.33 bits per heavy atom. The Hall–Kier alpha value is -1.56. The molecule has 0 radical (unpaired) electrons. The van der Waals surface area contributed by atoms with E-state index in [1.165, 1.54) is 0 Å². The third kappa shape index (κ3) is 3.97. The fourth-order valence-corrected chi connectivity index (χ4v) is 2.58. The van der Waals surface area contributed by atoms with E-state index in [-0.39, 0.29) is 6.54 Å². The highest BCUT2D eigenvalue weighted by Crippen LogP contribution is 2.25. The molecule has 1 heterocycles. The van der Waals surface area contributed by atoms with Gasteiger partial charge in [-0.15, -0.1) is 0 Å². The summed E-state index contributed by atoms with van der Waals surface area (Å²) in [5, 5.41) is 3.20. The van der Waals surface area contributed by atoms with Crippen LogP contribution in [0.1, 0.15) is 19.4 Å². The van der Waals surface area contributed by atoms with Gasteiger partial charge in [-0.25, -0.2) is 0 Å². The Kier molecular flexibility index (Phi) is 4.27. The zero-order valence-electron chi connectivity index (χ0n) is 12.1. The number of nitrogens with one attached hydrogen (secondary N) is 1. The van der Waals surface area contributed by atoms with E-state index in [0.29, 0.717) is 13.0 Å². The fourth-order valence-electron chi connectivity index (χ4n) is 2.58. The van der Waals surface area contributed by atoms with Crippen LogP contribution in [0.25, 0.3) is 0 Å². The number of rotatable bonds is 2. The van der Waals surface area contributed by atoms with Crippen LogP contribution in [0.5, 0.6) is 0 Å². The summed E-state index contributed by atoms with van der Waals surface area (Å²) in [6, 6.07) is 8.75. The number of nitrogens with zero attached hydrogens (tertiary/aromatic N) is 1. The maximum Gasteiger partial charge on any atom is 0.471 e. The van der Waals surface area contributed by atoms with Gasteiger partial charge in [-0.1, -0.05) is 30.3 Å². The van der Waals surface area contributed by atoms with Crippen LogP contribution in [0, 0.1) is 0 Å². The lowest BCUT2D eigenvalue weighted by molar-refractivity contribution is -0.190. The number of piperazine rings is 1. The summed E-state index contributed by atoms with van der Waals surface area (Å²) < 4.78 is 38.4. The molecule has 21 heavy (non-hydrogen) atoms. The first kappa shape index (κ1) is 15.8. The Morgan fingerprint density at radius 2 is 1.95 bits per heavy atom. The second-order valence-corrected chi connectivity index (χ2v) is 6.04. The predicted octanol–water partition coefficient (Wildman–Crippen LogP) is 2.37. The smallest absolute Gasteiger partial charge is 0.328 e. The molecule has 1 fully saturated rings. The second kappa shape index (κ2) is 5.67. The van der Waals surface area contributed by atoms with Crippen molar-refractivity contribution in [3.8, 4) is 0 Å². The van der Waals surface area contributed by atoms with Gasteiger partial charge in [0.2, 0.25) is 0 Å². The minimum absolute atomic E-state index is 0.0445. The molecule has 1 atom stereocenters. The highest BCUT2D eigenvalue weighted by Gasteiger charge is 2.47. The molecule has 1 aromatic carbocycles. The zero-order valence-corrected chi connectivity index (χ0v) is 12.1. The zero-order chi connectivity index (χ0) is 15.7. The molecule has 2 rings (SSSR count). The molecule has 1 saturated heterocycles. The molecule has 1 unspecified atom stereocenters. The maximum atomic E-state index is 12.8. The van der Waals surface area contributed by atoms with E-state index in [4.69, 9.17) is 0 Å².